The second kappa shape index (κ2) is 5.82. The molecule has 0 aliphatic rings. The Kier molecular flexibility index (Phi) is 3.92. The first-order valence-electron chi connectivity index (χ1n) is 5.70. The summed E-state index contributed by atoms with van der Waals surface area (Å²) in [6, 6.07) is 15.9. The quantitative estimate of drug-likeness (QED) is 0.601. The highest BCUT2D eigenvalue weighted by atomic mass is 16.5. The molecular formula is C16H14O2. The molecule has 0 unspecified atom stereocenters. The summed E-state index contributed by atoms with van der Waals surface area (Å²) < 4.78 is 5.13. The Bertz CT molecular complexity index is 554. The average Bonchev–Trinajstić information content (AvgIpc) is 2.45. The van der Waals surface area contributed by atoms with Crippen LogP contribution in [0.2, 0.25) is 0 Å². The van der Waals surface area contributed by atoms with Crippen LogP contribution in [0.5, 0.6) is 5.75 Å². The Hall–Kier alpha value is -2.35. The van der Waals surface area contributed by atoms with Gasteiger partial charge in [-0.05, 0) is 41.0 Å². The number of hydrogen-bond acceptors (Lipinski definition) is 2. The molecule has 0 amide bonds. The van der Waals surface area contributed by atoms with Crippen molar-refractivity contribution in [2.24, 2.45) is 0 Å². The number of carbonyl (C=O) groups excluding carboxylic acids is 1. The highest BCUT2D eigenvalue weighted by Gasteiger charge is 1.98. The van der Waals surface area contributed by atoms with E-state index < -0.39 is 0 Å². The van der Waals surface area contributed by atoms with Crippen molar-refractivity contribution in [2.45, 2.75) is 0 Å². The summed E-state index contributed by atoms with van der Waals surface area (Å²) in [6.45, 7) is 0. The number of rotatable bonds is 4. The molecule has 0 aliphatic carbocycles. The van der Waals surface area contributed by atoms with Gasteiger partial charge >= 0.3 is 0 Å². The van der Waals surface area contributed by atoms with E-state index in [9.17, 15) is 4.79 Å². The number of carbonyl (C=O) groups is 1. The van der Waals surface area contributed by atoms with Crippen molar-refractivity contribution >= 4 is 12.4 Å². The Morgan fingerprint density at radius 2 is 1.78 bits per heavy atom. The molecule has 0 N–H and O–H groups in total. The van der Waals surface area contributed by atoms with Crippen molar-refractivity contribution < 1.29 is 9.53 Å². The topological polar surface area (TPSA) is 26.3 Å². The zero-order valence-electron chi connectivity index (χ0n) is 10.2. The molecule has 2 nitrogen and oxygen atoms in total. The molecule has 0 radical (unpaired) electrons. The summed E-state index contributed by atoms with van der Waals surface area (Å²) >= 11 is 0. The summed E-state index contributed by atoms with van der Waals surface area (Å²) in [5.74, 6) is 0.843. The number of allylic oxidation sites excluding steroid dienone is 1. The van der Waals surface area contributed by atoms with Crippen LogP contribution < -0.4 is 4.74 Å². The minimum Gasteiger partial charge on any atom is -0.497 e. The zero-order chi connectivity index (χ0) is 12.8. The van der Waals surface area contributed by atoms with Gasteiger partial charge < -0.3 is 4.74 Å². The number of benzene rings is 2. The number of aldehydes is 1. The first kappa shape index (κ1) is 12.1. The number of ether oxygens (including phenoxy) is 1. The molecule has 0 atom stereocenters. The Morgan fingerprint density at radius 3 is 2.44 bits per heavy atom. The van der Waals surface area contributed by atoms with E-state index in [1.54, 1.807) is 13.2 Å². The molecule has 2 aromatic carbocycles. The van der Waals surface area contributed by atoms with Crippen LogP contribution in [0.15, 0.2) is 54.6 Å². The predicted octanol–water partition coefficient (Wildman–Crippen LogP) is 3.57. The normalized spacial score (nSPS) is 10.5. The van der Waals surface area contributed by atoms with E-state index in [1.807, 2.05) is 48.5 Å². The molecule has 0 fully saturated rings. The minimum absolute atomic E-state index is 0.778. The van der Waals surface area contributed by atoms with Gasteiger partial charge in [-0.3, -0.25) is 4.79 Å². The average molecular weight is 238 g/mol. The van der Waals surface area contributed by atoms with E-state index in [-0.39, 0.29) is 0 Å². The fourth-order valence-corrected chi connectivity index (χ4v) is 1.76. The summed E-state index contributed by atoms with van der Waals surface area (Å²) in [6.07, 6.45) is 4.06. The largest absolute Gasteiger partial charge is 0.497 e. The summed E-state index contributed by atoms with van der Waals surface area (Å²) in [5.41, 5.74) is 3.25. The molecule has 0 aromatic heterocycles. The first-order chi connectivity index (χ1) is 8.83. The molecule has 0 spiro atoms. The monoisotopic (exact) mass is 238 g/mol. The van der Waals surface area contributed by atoms with Crippen molar-refractivity contribution in [3.05, 3.63) is 60.2 Å². The van der Waals surface area contributed by atoms with E-state index in [4.69, 9.17) is 4.74 Å². The van der Waals surface area contributed by atoms with E-state index in [1.165, 1.54) is 6.08 Å². The lowest BCUT2D eigenvalue weighted by Crippen LogP contribution is -1.83. The molecule has 2 heteroatoms. The van der Waals surface area contributed by atoms with Gasteiger partial charge in [-0.25, -0.2) is 0 Å². The van der Waals surface area contributed by atoms with Gasteiger partial charge in [0.15, 0.2) is 0 Å². The fourth-order valence-electron chi connectivity index (χ4n) is 1.76. The van der Waals surface area contributed by atoms with E-state index in [0.717, 1.165) is 28.7 Å². The summed E-state index contributed by atoms with van der Waals surface area (Å²) in [4.78, 5) is 10.3. The zero-order valence-corrected chi connectivity index (χ0v) is 10.2. The van der Waals surface area contributed by atoms with Crippen molar-refractivity contribution in [3.63, 3.8) is 0 Å². The highest BCUT2D eigenvalue weighted by Crippen LogP contribution is 2.23. The van der Waals surface area contributed by atoms with Crippen LogP contribution in [0, 0.1) is 0 Å². The Balaban J connectivity index is 2.31. The summed E-state index contributed by atoms with van der Waals surface area (Å²) in [7, 11) is 1.65. The van der Waals surface area contributed by atoms with Crippen molar-refractivity contribution in [1.29, 1.82) is 0 Å². The maximum Gasteiger partial charge on any atom is 0.142 e. The number of methoxy groups -OCH3 is 1. The van der Waals surface area contributed by atoms with Crippen molar-refractivity contribution in [2.75, 3.05) is 7.11 Å². The molecular weight excluding hydrogens is 224 g/mol. The molecule has 0 saturated heterocycles. The van der Waals surface area contributed by atoms with Gasteiger partial charge in [0.2, 0.25) is 0 Å². The number of hydrogen-bond donors (Lipinski definition) is 0. The maximum atomic E-state index is 10.3. The molecule has 0 aliphatic heterocycles. The fraction of sp³-hybridized carbons (Fsp3) is 0.0625. The molecule has 0 bridgehead atoms. The second-order valence-electron chi connectivity index (χ2n) is 3.85. The third-order valence-corrected chi connectivity index (χ3v) is 2.68. The lowest BCUT2D eigenvalue weighted by molar-refractivity contribution is -0.104. The smallest absolute Gasteiger partial charge is 0.142 e. The molecule has 2 aromatic rings. The highest BCUT2D eigenvalue weighted by molar-refractivity contribution is 5.75. The standard InChI is InChI=1S/C16H14O2/c1-18-16-9-7-14(8-10-16)15-6-2-4-13(12-15)5-3-11-17/h2-12H,1H3. The van der Waals surface area contributed by atoms with Crippen LogP contribution in [0.3, 0.4) is 0 Å². The Labute approximate surface area is 107 Å². The maximum absolute atomic E-state index is 10.3. The molecule has 0 heterocycles. The molecule has 18 heavy (non-hydrogen) atoms. The predicted molar refractivity (Wildman–Crippen MR) is 73.5 cm³/mol. The van der Waals surface area contributed by atoms with Gasteiger partial charge in [0.1, 0.15) is 12.0 Å². The van der Waals surface area contributed by atoms with Gasteiger partial charge in [0.05, 0.1) is 7.11 Å². The van der Waals surface area contributed by atoms with Crippen LogP contribution >= 0.6 is 0 Å². The molecule has 2 rings (SSSR count). The Morgan fingerprint density at radius 1 is 1.00 bits per heavy atom. The van der Waals surface area contributed by atoms with Gasteiger partial charge in [0, 0.05) is 0 Å². The van der Waals surface area contributed by atoms with Gasteiger partial charge in [-0.2, -0.15) is 0 Å². The lowest BCUT2D eigenvalue weighted by Gasteiger charge is -2.04. The van der Waals surface area contributed by atoms with Crippen molar-refractivity contribution in [3.8, 4) is 16.9 Å². The lowest BCUT2D eigenvalue weighted by atomic mass is 10.0. The third-order valence-electron chi connectivity index (χ3n) is 2.68. The summed E-state index contributed by atoms with van der Waals surface area (Å²) in [5, 5.41) is 0. The van der Waals surface area contributed by atoms with Gasteiger partial charge in [0.25, 0.3) is 0 Å². The van der Waals surface area contributed by atoms with Crippen LogP contribution in [0.25, 0.3) is 17.2 Å². The van der Waals surface area contributed by atoms with Crippen LogP contribution in [-0.2, 0) is 4.79 Å². The van der Waals surface area contributed by atoms with E-state index >= 15 is 0 Å². The van der Waals surface area contributed by atoms with Crippen LogP contribution in [0.4, 0.5) is 0 Å². The van der Waals surface area contributed by atoms with E-state index in [0.29, 0.717) is 0 Å². The second-order valence-corrected chi connectivity index (χ2v) is 3.85. The van der Waals surface area contributed by atoms with Crippen LogP contribution in [-0.4, -0.2) is 13.4 Å². The van der Waals surface area contributed by atoms with Crippen LogP contribution in [0.1, 0.15) is 5.56 Å². The first-order valence-corrected chi connectivity index (χ1v) is 5.70. The van der Waals surface area contributed by atoms with Gasteiger partial charge in [-0.15, -0.1) is 0 Å². The molecule has 0 saturated carbocycles. The van der Waals surface area contributed by atoms with Gasteiger partial charge in [-0.1, -0.05) is 36.4 Å². The minimum atomic E-state index is 0.778. The van der Waals surface area contributed by atoms with Crippen molar-refractivity contribution in [1.82, 2.24) is 0 Å². The third kappa shape index (κ3) is 2.86. The SMILES string of the molecule is COc1ccc(-c2cccc(C=CC=O)c2)cc1. The molecule has 90 valence electrons. The van der Waals surface area contributed by atoms with E-state index in [2.05, 4.69) is 0 Å².